The number of nitrogens with zero attached hydrogens (tertiary/aromatic N) is 3. The molecule has 0 radical (unpaired) electrons. The van der Waals surface area contributed by atoms with Gasteiger partial charge in [0.2, 0.25) is 0 Å². The molecule has 0 atom stereocenters. The van der Waals surface area contributed by atoms with Crippen LogP contribution in [0.25, 0.3) is 0 Å². The van der Waals surface area contributed by atoms with Crippen molar-refractivity contribution in [2.75, 3.05) is 38.1 Å². The van der Waals surface area contributed by atoms with Gasteiger partial charge in [0.15, 0.2) is 5.96 Å². The number of hydrogen-bond donors (Lipinski definition) is 2. The lowest BCUT2D eigenvalue weighted by atomic mass is 10.2. The lowest BCUT2D eigenvalue weighted by molar-refractivity contribution is 0.369. The first-order valence-electron chi connectivity index (χ1n) is 8.51. The lowest BCUT2D eigenvalue weighted by Gasteiger charge is -2.37. The average Bonchev–Trinajstić information content (AvgIpc) is 2.66. The molecule has 1 heterocycles. The largest absolute Gasteiger partial charge is 0.506 e. The Morgan fingerprint density at radius 1 is 1.19 bits per heavy atom. The number of phenolic OH excluding ortho intramolecular Hbond substituents is 1. The van der Waals surface area contributed by atoms with Crippen molar-refractivity contribution in [3.8, 4) is 5.75 Å². The van der Waals surface area contributed by atoms with Crippen LogP contribution in [0.4, 0.5) is 10.1 Å². The molecule has 1 aliphatic rings. The summed E-state index contributed by atoms with van der Waals surface area (Å²) in [5.41, 5.74) is 1.75. The molecule has 0 bridgehead atoms. The number of hydrogen-bond acceptors (Lipinski definition) is 3. The van der Waals surface area contributed by atoms with E-state index in [2.05, 4.69) is 20.1 Å². The SMILES string of the molecule is CN=C(NCc1ccc(F)c(Cl)c1)N1CCN(c2ccccc2O)CC1. The molecule has 0 unspecified atom stereocenters. The summed E-state index contributed by atoms with van der Waals surface area (Å²) in [4.78, 5) is 8.67. The number of nitrogens with one attached hydrogen (secondary N) is 1. The quantitative estimate of drug-likeness (QED) is 0.638. The third kappa shape index (κ3) is 4.19. The monoisotopic (exact) mass is 376 g/mol. The molecular formula is C19H22ClFN4O. The maximum Gasteiger partial charge on any atom is 0.194 e. The zero-order chi connectivity index (χ0) is 18.5. The molecule has 0 amide bonds. The van der Waals surface area contributed by atoms with Crippen molar-refractivity contribution >= 4 is 23.2 Å². The number of para-hydroxylation sites is 2. The van der Waals surface area contributed by atoms with Crippen molar-refractivity contribution in [2.24, 2.45) is 4.99 Å². The highest BCUT2D eigenvalue weighted by Crippen LogP contribution is 2.27. The molecule has 1 aliphatic heterocycles. The van der Waals surface area contributed by atoms with Crippen LogP contribution in [0.3, 0.4) is 0 Å². The molecule has 2 aromatic rings. The van der Waals surface area contributed by atoms with E-state index in [0.717, 1.165) is 43.4 Å². The topological polar surface area (TPSA) is 51.1 Å². The molecular weight excluding hydrogens is 355 g/mol. The Morgan fingerprint density at radius 2 is 1.92 bits per heavy atom. The highest BCUT2D eigenvalue weighted by molar-refractivity contribution is 6.30. The van der Waals surface area contributed by atoms with E-state index in [1.807, 2.05) is 18.2 Å². The Bertz CT molecular complexity index is 791. The minimum absolute atomic E-state index is 0.121. The van der Waals surface area contributed by atoms with Crippen molar-refractivity contribution in [3.05, 3.63) is 58.9 Å². The molecule has 26 heavy (non-hydrogen) atoms. The normalized spacial score (nSPS) is 15.3. The number of aliphatic imine (C=N–C) groups is 1. The van der Waals surface area contributed by atoms with Crippen LogP contribution in [-0.4, -0.2) is 49.2 Å². The Balaban J connectivity index is 1.57. The smallest absolute Gasteiger partial charge is 0.194 e. The van der Waals surface area contributed by atoms with Gasteiger partial charge in [-0.3, -0.25) is 4.99 Å². The molecule has 0 aromatic heterocycles. The van der Waals surface area contributed by atoms with Gasteiger partial charge in [0.1, 0.15) is 11.6 Å². The predicted molar refractivity (Wildman–Crippen MR) is 104 cm³/mol. The Kier molecular flexibility index (Phi) is 5.83. The number of anilines is 1. The van der Waals surface area contributed by atoms with Gasteiger partial charge in [0, 0.05) is 39.8 Å². The number of aromatic hydroxyl groups is 1. The van der Waals surface area contributed by atoms with E-state index in [1.54, 1.807) is 25.2 Å². The number of benzene rings is 2. The Morgan fingerprint density at radius 3 is 2.58 bits per heavy atom. The summed E-state index contributed by atoms with van der Waals surface area (Å²) in [6.07, 6.45) is 0. The molecule has 3 rings (SSSR count). The van der Waals surface area contributed by atoms with Gasteiger partial charge in [-0.05, 0) is 29.8 Å². The van der Waals surface area contributed by atoms with Gasteiger partial charge in [-0.2, -0.15) is 0 Å². The molecule has 5 nitrogen and oxygen atoms in total. The fourth-order valence-electron chi connectivity index (χ4n) is 3.05. The first kappa shape index (κ1) is 18.3. The van der Waals surface area contributed by atoms with E-state index >= 15 is 0 Å². The lowest BCUT2D eigenvalue weighted by Crippen LogP contribution is -2.52. The molecule has 1 saturated heterocycles. The van der Waals surface area contributed by atoms with Gasteiger partial charge in [-0.1, -0.05) is 29.8 Å². The van der Waals surface area contributed by atoms with Crippen LogP contribution in [0.2, 0.25) is 5.02 Å². The van der Waals surface area contributed by atoms with Crippen LogP contribution < -0.4 is 10.2 Å². The van der Waals surface area contributed by atoms with Crippen LogP contribution in [0, 0.1) is 5.82 Å². The average molecular weight is 377 g/mol. The van der Waals surface area contributed by atoms with E-state index in [-0.39, 0.29) is 5.02 Å². The summed E-state index contributed by atoms with van der Waals surface area (Å²) in [6, 6.07) is 12.1. The van der Waals surface area contributed by atoms with E-state index in [0.29, 0.717) is 12.3 Å². The number of rotatable bonds is 3. The molecule has 0 spiro atoms. The van der Waals surface area contributed by atoms with Crippen molar-refractivity contribution < 1.29 is 9.50 Å². The van der Waals surface area contributed by atoms with Crippen molar-refractivity contribution in [1.82, 2.24) is 10.2 Å². The number of piperazine rings is 1. The molecule has 2 N–H and O–H groups in total. The zero-order valence-corrected chi connectivity index (χ0v) is 15.4. The molecule has 2 aromatic carbocycles. The van der Waals surface area contributed by atoms with Crippen molar-refractivity contribution in [1.29, 1.82) is 0 Å². The maximum atomic E-state index is 13.3. The first-order valence-corrected chi connectivity index (χ1v) is 8.88. The van der Waals surface area contributed by atoms with Gasteiger partial charge in [-0.15, -0.1) is 0 Å². The third-order valence-corrected chi connectivity index (χ3v) is 4.74. The van der Waals surface area contributed by atoms with Gasteiger partial charge in [0.25, 0.3) is 0 Å². The Labute approximate surface area is 157 Å². The van der Waals surface area contributed by atoms with Crippen molar-refractivity contribution in [2.45, 2.75) is 6.54 Å². The summed E-state index contributed by atoms with van der Waals surface area (Å²) in [7, 11) is 1.75. The van der Waals surface area contributed by atoms with E-state index in [4.69, 9.17) is 11.6 Å². The minimum Gasteiger partial charge on any atom is -0.506 e. The van der Waals surface area contributed by atoms with E-state index in [9.17, 15) is 9.50 Å². The molecule has 7 heteroatoms. The van der Waals surface area contributed by atoms with E-state index in [1.165, 1.54) is 6.07 Å². The van der Waals surface area contributed by atoms with Gasteiger partial charge in [0.05, 0.1) is 10.7 Å². The Hall–Kier alpha value is -2.47. The maximum absolute atomic E-state index is 13.3. The van der Waals surface area contributed by atoms with Crippen molar-refractivity contribution in [3.63, 3.8) is 0 Å². The fraction of sp³-hybridized carbons (Fsp3) is 0.316. The fourth-order valence-corrected chi connectivity index (χ4v) is 3.26. The highest BCUT2D eigenvalue weighted by Gasteiger charge is 2.21. The standard InChI is InChI=1S/C19H22ClFN4O/c1-22-19(23-13-14-6-7-16(21)15(20)12-14)25-10-8-24(9-11-25)17-4-2-3-5-18(17)26/h2-7,12,26H,8-11,13H2,1H3,(H,22,23). The third-order valence-electron chi connectivity index (χ3n) is 4.45. The van der Waals surface area contributed by atoms with Crippen LogP contribution in [0.1, 0.15) is 5.56 Å². The molecule has 0 aliphatic carbocycles. The van der Waals surface area contributed by atoms with Gasteiger partial charge in [-0.25, -0.2) is 4.39 Å². The summed E-state index contributed by atoms with van der Waals surface area (Å²) in [5, 5.41) is 13.4. The van der Waals surface area contributed by atoms with Gasteiger partial charge < -0.3 is 20.2 Å². The second-order valence-corrected chi connectivity index (χ2v) is 6.52. The minimum atomic E-state index is -0.417. The number of halogens is 2. The molecule has 1 fully saturated rings. The van der Waals surface area contributed by atoms with Crippen LogP contribution in [-0.2, 0) is 6.54 Å². The second kappa shape index (κ2) is 8.27. The highest BCUT2D eigenvalue weighted by atomic mass is 35.5. The number of phenols is 1. The van der Waals surface area contributed by atoms with E-state index < -0.39 is 5.82 Å². The van der Waals surface area contributed by atoms with Crippen LogP contribution in [0.5, 0.6) is 5.75 Å². The predicted octanol–water partition coefficient (Wildman–Crippen LogP) is 3.08. The summed E-state index contributed by atoms with van der Waals surface area (Å²) in [6.45, 7) is 3.68. The first-order chi connectivity index (χ1) is 12.6. The zero-order valence-electron chi connectivity index (χ0n) is 14.6. The summed E-state index contributed by atoms with van der Waals surface area (Å²) < 4.78 is 13.3. The summed E-state index contributed by atoms with van der Waals surface area (Å²) >= 11 is 5.83. The number of guanidine groups is 1. The molecule has 0 saturated carbocycles. The summed E-state index contributed by atoms with van der Waals surface area (Å²) in [5.74, 6) is 0.680. The molecule has 138 valence electrons. The van der Waals surface area contributed by atoms with Gasteiger partial charge >= 0.3 is 0 Å². The van der Waals surface area contributed by atoms with Crippen LogP contribution in [0.15, 0.2) is 47.5 Å². The van der Waals surface area contributed by atoms with Crippen LogP contribution >= 0.6 is 11.6 Å². The second-order valence-electron chi connectivity index (χ2n) is 6.11.